The van der Waals surface area contributed by atoms with Crippen molar-refractivity contribution in [1.82, 2.24) is 10.1 Å². The fourth-order valence-electron chi connectivity index (χ4n) is 4.94. The van der Waals surface area contributed by atoms with Crippen LogP contribution in [-0.2, 0) is 22.5 Å². The van der Waals surface area contributed by atoms with Gasteiger partial charge in [0.1, 0.15) is 5.82 Å². The topological polar surface area (TPSA) is 80.5 Å². The number of ether oxygens (including phenoxy) is 1. The summed E-state index contributed by atoms with van der Waals surface area (Å²) < 4.78 is 11.1. The Bertz CT molecular complexity index is 933. The minimum Gasteiger partial charge on any atom is -0.381 e. The zero-order valence-corrected chi connectivity index (χ0v) is 19.2. The van der Waals surface area contributed by atoms with Crippen LogP contribution in [0.3, 0.4) is 0 Å². The number of pyridine rings is 1. The molecule has 2 aromatic rings. The molecule has 4 rings (SSSR count). The zero-order valence-electron chi connectivity index (χ0n) is 19.2. The Balaban J connectivity index is 1.77. The predicted octanol–water partition coefficient (Wildman–Crippen LogP) is 4.66. The molecule has 4 heterocycles. The summed E-state index contributed by atoms with van der Waals surface area (Å²) in [5.41, 5.74) is 5.56. The van der Waals surface area contributed by atoms with E-state index in [1.54, 1.807) is 0 Å². The van der Waals surface area contributed by atoms with Gasteiger partial charge in [-0.2, -0.15) is 0 Å². The molecule has 2 aliphatic rings. The molecule has 1 N–H and O–H groups in total. The number of fused-ring (bicyclic) bond motifs is 1. The van der Waals surface area contributed by atoms with E-state index in [0.29, 0.717) is 24.9 Å². The lowest BCUT2D eigenvalue weighted by atomic mass is 9.86. The van der Waals surface area contributed by atoms with Gasteiger partial charge in [-0.1, -0.05) is 12.1 Å². The molecular weight excluding hydrogens is 392 g/mol. The Kier molecular flexibility index (Phi) is 6.60. The van der Waals surface area contributed by atoms with Crippen LogP contribution in [-0.4, -0.2) is 35.3 Å². The van der Waals surface area contributed by atoms with Crippen molar-refractivity contribution in [3.05, 3.63) is 34.3 Å². The standard InChI is InChI=1S/C24H34N4O3/c1-5-6-21(29)26-24-22(18-9-11-30-12-10-18)17(4)23-20(25-24)8-7-16(3)28(23)14-19-13-15(2)27-31-19/h13,16,18H,5-12,14H2,1-4H3,(H,25,26,29). The van der Waals surface area contributed by atoms with Crippen molar-refractivity contribution >= 4 is 17.4 Å². The second-order valence-corrected chi connectivity index (χ2v) is 8.93. The van der Waals surface area contributed by atoms with E-state index in [1.807, 2.05) is 19.9 Å². The molecule has 1 saturated heterocycles. The Hall–Kier alpha value is -2.41. The minimum atomic E-state index is 0.0424. The first-order valence-electron chi connectivity index (χ1n) is 11.6. The SMILES string of the molecule is CCCC(=O)Nc1nc2c(c(C)c1C1CCOCC1)N(Cc1cc(C)no1)C(C)CC2. The first-order chi connectivity index (χ1) is 15.0. The molecule has 2 aromatic heterocycles. The van der Waals surface area contributed by atoms with Crippen molar-refractivity contribution in [2.24, 2.45) is 0 Å². The van der Waals surface area contributed by atoms with Crippen molar-refractivity contribution < 1.29 is 14.1 Å². The van der Waals surface area contributed by atoms with Crippen LogP contribution < -0.4 is 10.2 Å². The van der Waals surface area contributed by atoms with Crippen molar-refractivity contribution in [2.45, 2.75) is 84.7 Å². The fraction of sp³-hybridized carbons (Fsp3) is 0.625. The summed E-state index contributed by atoms with van der Waals surface area (Å²) in [6, 6.07) is 2.38. The van der Waals surface area contributed by atoms with Crippen LogP contribution in [0.5, 0.6) is 0 Å². The maximum atomic E-state index is 12.5. The first kappa shape index (κ1) is 21.8. The first-order valence-corrected chi connectivity index (χ1v) is 11.6. The number of hydrogen-bond donors (Lipinski definition) is 1. The molecule has 31 heavy (non-hydrogen) atoms. The highest BCUT2D eigenvalue weighted by Gasteiger charge is 2.32. The maximum Gasteiger partial charge on any atom is 0.225 e. The van der Waals surface area contributed by atoms with Crippen LogP contribution in [0.25, 0.3) is 0 Å². The molecule has 168 valence electrons. The predicted molar refractivity (Wildman–Crippen MR) is 121 cm³/mol. The van der Waals surface area contributed by atoms with Crippen molar-refractivity contribution in [3.8, 4) is 0 Å². The summed E-state index contributed by atoms with van der Waals surface area (Å²) in [6.07, 6.45) is 5.17. The summed E-state index contributed by atoms with van der Waals surface area (Å²) in [5.74, 6) is 2.01. The lowest BCUT2D eigenvalue weighted by molar-refractivity contribution is -0.116. The lowest BCUT2D eigenvalue weighted by Gasteiger charge is -2.39. The van der Waals surface area contributed by atoms with Gasteiger partial charge in [-0.25, -0.2) is 4.98 Å². The lowest BCUT2D eigenvalue weighted by Crippen LogP contribution is -2.38. The number of rotatable bonds is 6. The number of carbonyl (C=O) groups excluding carboxylic acids is 1. The van der Waals surface area contributed by atoms with E-state index in [-0.39, 0.29) is 5.91 Å². The van der Waals surface area contributed by atoms with Gasteiger partial charge < -0.3 is 19.5 Å². The van der Waals surface area contributed by atoms with Gasteiger partial charge in [0.25, 0.3) is 0 Å². The maximum absolute atomic E-state index is 12.5. The highest BCUT2D eigenvalue weighted by molar-refractivity contribution is 5.91. The molecule has 1 fully saturated rings. The van der Waals surface area contributed by atoms with Gasteiger partial charge in [0.05, 0.1) is 23.6 Å². The van der Waals surface area contributed by atoms with E-state index in [0.717, 1.165) is 68.3 Å². The van der Waals surface area contributed by atoms with E-state index < -0.39 is 0 Å². The van der Waals surface area contributed by atoms with Gasteiger partial charge >= 0.3 is 0 Å². The monoisotopic (exact) mass is 426 g/mol. The van der Waals surface area contributed by atoms with Crippen LogP contribution in [0.15, 0.2) is 10.6 Å². The third kappa shape index (κ3) is 4.61. The van der Waals surface area contributed by atoms with Crippen molar-refractivity contribution in [1.29, 1.82) is 0 Å². The average molecular weight is 427 g/mol. The quantitative estimate of drug-likeness (QED) is 0.724. The van der Waals surface area contributed by atoms with Gasteiger partial charge in [-0.05, 0) is 64.4 Å². The van der Waals surface area contributed by atoms with E-state index in [9.17, 15) is 4.79 Å². The van der Waals surface area contributed by atoms with Gasteiger partial charge in [0.15, 0.2) is 5.76 Å². The number of carbonyl (C=O) groups is 1. The molecule has 0 aliphatic carbocycles. The van der Waals surface area contributed by atoms with E-state index in [1.165, 1.54) is 16.8 Å². The van der Waals surface area contributed by atoms with Gasteiger partial charge in [0, 0.05) is 37.3 Å². The summed E-state index contributed by atoms with van der Waals surface area (Å²) in [7, 11) is 0. The highest BCUT2D eigenvalue weighted by Crippen LogP contribution is 2.42. The molecule has 1 unspecified atom stereocenters. The second kappa shape index (κ2) is 9.39. The molecule has 1 amide bonds. The number of nitrogens with zero attached hydrogens (tertiary/aromatic N) is 3. The molecule has 7 heteroatoms. The summed E-state index contributed by atoms with van der Waals surface area (Å²) in [6.45, 7) is 10.6. The van der Waals surface area contributed by atoms with Crippen molar-refractivity contribution in [3.63, 3.8) is 0 Å². The molecule has 0 bridgehead atoms. The number of aromatic nitrogens is 2. The number of nitrogens with one attached hydrogen (secondary N) is 1. The summed E-state index contributed by atoms with van der Waals surface area (Å²) >= 11 is 0. The third-order valence-electron chi connectivity index (χ3n) is 6.52. The van der Waals surface area contributed by atoms with Gasteiger partial charge in [-0.3, -0.25) is 4.79 Å². The van der Waals surface area contributed by atoms with E-state index >= 15 is 0 Å². The summed E-state index contributed by atoms with van der Waals surface area (Å²) in [4.78, 5) is 19.9. The van der Waals surface area contributed by atoms with Crippen LogP contribution in [0, 0.1) is 13.8 Å². The molecule has 0 saturated carbocycles. The molecule has 7 nitrogen and oxygen atoms in total. The molecule has 0 aromatic carbocycles. The Morgan fingerprint density at radius 3 is 2.71 bits per heavy atom. The number of aryl methyl sites for hydroxylation is 2. The normalized spacial score (nSPS) is 19.4. The molecule has 0 radical (unpaired) electrons. The number of amides is 1. The Morgan fingerprint density at radius 2 is 2.03 bits per heavy atom. The fourth-order valence-corrected chi connectivity index (χ4v) is 4.94. The number of anilines is 2. The van der Waals surface area contributed by atoms with Crippen LogP contribution in [0.2, 0.25) is 0 Å². The zero-order chi connectivity index (χ0) is 22.0. The molecule has 2 aliphatic heterocycles. The van der Waals surface area contributed by atoms with E-state index in [4.69, 9.17) is 14.2 Å². The third-order valence-corrected chi connectivity index (χ3v) is 6.52. The van der Waals surface area contributed by atoms with Gasteiger partial charge in [-0.15, -0.1) is 0 Å². The summed E-state index contributed by atoms with van der Waals surface area (Å²) in [5, 5.41) is 7.20. The Morgan fingerprint density at radius 1 is 1.26 bits per heavy atom. The number of hydrogen-bond acceptors (Lipinski definition) is 6. The molecule has 0 spiro atoms. The van der Waals surface area contributed by atoms with Crippen LogP contribution in [0.1, 0.15) is 80.1 Å². The van der Waals surface area contributed by atoms with Crippen LogP contribution >= 0.6 is 0 Å². The van der Waals surface area contributed by atoms with Crippen molar-refractivity contribution in [2.75, 3.05) is 23.4 Å². The molecular formula is C24H34N4O3. The van der Waals surface area contributed by atoms with Gasteiger partial charge in [0.2, 0.25) is 5.91 Å². The average Bonchev–Trinajstić information content (AvgIpc) is 3.16. The second-order valence-electron chi connectivity index (χ2n) is 8.93. The van der Waals surface area contributed by atoms with E-state index in [2.05, 4.69) is 29.2 Å². The van der Waals surface area contributed by atoms with Crippen LogP contribution in [0.4, 0.5) is 11.5 Å². The smallest absolute Gasteiger partial charge is 0.225 e. The highest BCUT2D eigenvalue weighted by atomic mass is 16.5. The minimum absolute atomic E-state index is 0.0424. The largest absolute Gasteiger partial charge is 0.381 e. The Labute approximate surface area is 184 Å². The molecule has 1 atom stereocenters.